The number of aryl methyl sites for hydroxylation is 2. The van der Waals surface area contributed by atoms with E-state index in [0.29, 0.717) is 31.2 Å². The number of amides is 1. The number of rotatable bonds is 14. The highest BCUT2D eigenvalue weighted by atomic mass is 32.2. The second-order valence-electron chi connectivity index (χ2n) is 17.3. The molecule has 0 bridgehead atoms. The summed E-state index contributed by atoms with van der Waals surface area (Å²) in [5.74, 6) is 2.01. The number of anilines is 2. The number of likely N-dealkylation sites (tertiary alicyclic amines) is 1. The van der Waals surface area contributed by atoms with Gasteiger partial charge in [-0.2, -0.15) is 10.1 Å². The molecule has 14 nitrogen and oxygen atoms in total. The smallest absolute Gasteiger partial charge is 0.225 e. The molecular weight excluding hydrogens is 837 g/mol. The van der Waals surface area contributed by atoms with Crippen LogP contribution < -0.4 is 21.3 Å². The summed E-state index contributed by atoms with van der Waals surface area (Å²) < 4.78 is 4.38. The van der Waals surface area contributed by atoms with Gasteiger partial charge in [0.25, 0.3) is 0 Å². The molecule has 1 unspecified atom stereocenters. The van der Waals surface area contributed by atoms with Crippen LogP contribution in [0.5, 0.6) is 0 Å². The van der Waals surface area contributed by atoms with Crippen LogP contribution in [0.2, 0.25) is 0 Å². The zero-order valence-electron chi connectivity index (χ0n) is 40.5. The first-order valence-electron chi connectivity index (χ1n) is 24.0. The second-order valence-corrected chi connectivity index (χ2v) is 18.5. The highest BCUT2D eigenvalue weighted by Gasteiger charge is 2.46. The van der Waals surface area contributed by atoms with Crippen molar-refractivity contribution in [1.82, 2.24) is 39.6 Å². The number of aliphatic hydroxyl groups is 1. The van der Waals surface area contributed by atoms with Crippen LogP contribution in [-0.4, -0.2) is 105 Å². The fourth-order valence-corrected chi connectivity index (χ4v) is 9.22. The van der Waals surface area contributed by atoms with Crippen molar-refractivity contribution >= 4 is 53.1 Å². The van der Waals surface area contributed by atoms with E-state index in [2.05, 4.69) is 109 Å². The zero-order chi connectivity index (χ0) is 47.2. The molecule has 5 N–H and O–H groups in total. The van der Waals surface area contributed by atoms with Gasteiger partial charge in [-0.15, -0.1) is 0 Å². The number of Topliss-reactive ketones (excluding diaryl/α,β-unsaturated/α-hetero) is 1. The number of carbonyl (C=O) groups is 3. The number of aldehydes is 1. The molecule has 2 aromatic carbocycles. The topological polar surface area (TPSA) is 170 Å². The molecule has 15 heteroatoms. The number of carbonyl (C=O) groups excluding carboxylic acids is 3. The molecule has 65 heavy (non-hydrogen) atoms. The molecule has 8 rings (SSSR count). The number of piperidine rings is 1. The Kier molecular flexibility index (Phi) is 22.9. The van der Waals surface area contributed by atoms with Crippen molar-refractivity contribution in [2.75, 3.05) is 50.5 Å². The van der Waals surface area contributed by atoms with Gasteiger partial charge in [0.1, 0.15) is 17.9 Å². The van der Waals surface area contributed by atoms with Crippen molar-refractivity contribution in [3.63, 3.8) is 0 Å². The van der Waals surface area contributed by atoms with Crippen molar-refractivity contribution in [1.29, 1.82) is 0 Å². The summed E-state index contributed by atoms with van der Waals surface area (Å²) in [4.78, 5) is 44.4. The van der Waals surface area contributed by atoms with Gasteiger partial charge in [0.05, 0.1) is 35.6 Å². The number of nitrogens with one attached hydrogen (secondary N) is 4. The number of nitrogens with zero attached hydrogens (tertiary/aromatic N) is 6. The first kappa shape index (κ1) is 53.2. The minimum Gasteiger partial charge on any atom is -0.393 e. The fourth-order valence-electron chi connectivity index (χ4n) is 8.24. The van der Waals surface area contributed by atoms with Gasteiger partial charge in [0, 0.05) is 62.2 Å². The highest BCUT2D eigenvalue weighted by molar-refractivity contribution is 7.97. The van der Waals surface area contributed by atoms with Gasteiger partial charge in [-0.1, -0.05) is 77.6 Å². The monoisotopic (exact) mass is 915 g/mol. The molecule has 0 spiro atoms. The summed E-state index contributed by atoms with van der Waals surface area (Å²) in [5.41, 5.74) is 5.66. The lowest BCUT2D eigenvalue weighted by Gasteiger charge is -2.33. The Hall–Kier alpha value is -4.41. The minimum atomic E-state index is -0.401. The Morgan fingerprint density at radius 3 is 2.31 bits per heavy atom. The average Bonchev–Trinajstić information content (AvgIpc) is 4.07. The maximum atomic E-state index is 11.6. The standard InChI is InChI=1S/C34H43N9OS.C6H12O.C5H9NO2.C3H8.C2H6/c1-23-28-8-7-26(18-30(28)41(3)40-23)25-9-14-42(15-10-25)20-24-5-4-6-27(17-24)45-43-16-11-31(37-22-43)38-33-36-19-29(32(35-2)39-33)34(21-44)12-13-34;7-6-4-2-1-3-5-6;1-5(8)2-3-6-4-7;1-3-2;1-2/h4-8,17-19,21,25,31,37H,9-16,20,22H2,1-3H3,(H2,35,36,38,39);6-7H,1-5H2;4H,2-3H2,1H3,(H,6,7);3H2,1-2H3;1-2H3. The van der Waals surface area contributed by atoms with Gasteiger partial charge < -0.3 is 25.9 Å². The number of hydrogen-bond donors (Lipinski definition) is 5. The Balaban J connectivity index is 0.000000386. The van der Waals surface area contributed by atoms with Crippen molar-refractivity contribution in [2.45, 2.75) is 154 Å². The van der Waals surface area contributed by atoms with Crippen molar-refractivity contribution in [2.24, 2.45) is 7.05 Å². The Morgan fingerprint density at radius 2 is 1.72 bits per heavy atom. The van der Waals surface area contributed by atoms with Crippen LogP contribution >= 0.6 is 11.9 Å². The number of ketones is 1. The molecule has 1 atom stereocenters. The molecule has 2 aromatic heterocycles. The molecule has 2 saturated heterocycles. The summed E-state index contributed by atoms with van der Waals surface area (Å²) in [5, 5.41) is 27.3. The third kappa shape index (κ3) is 16.8. The third-order valence-electron chi connectivity index (χ3n) is 12.0. The molecule has 358 valence electrons. The normalized spacial score (nSPS) is 18.4. The lowest BCUT2D eigenvalue weighted by molar-refractivity contribution is -0.117. The number of hydrogen-bond acceptors (Lipinski definition) is 13. The lowest BCUT2D eigenvalue weighted by Crippen LogP contribution is -2.48. The lowest BCUT2D eigenvalue weighted by atomic mass is 9.88. The van der Waals surface area contributed by atoms with Crippen LogP contribution in [0, 0.1) is 6.92 Å². The van der Waals surface area contributed by atoms with Crippen molar-refractivity contribution in [3.8, 4) is 0 Å². The Bertz CT molecular complexity index is 2040. The molecule has 2 aliphatic heterocycles. The van der Waals surface area contributed by atoms with Crippen molar-refractivity contribution in [3.05, 3.63) is 71.0 Å². The molecule has 2 saturated carbocycles. The summed E-state index contributed by atoms with van der Waals surface area (Å²) >= 11 is 1.81. The van der Waals surface area contributed by atoms with Crippen LogP contribution in [-0.2, 0) is 33.4 Å². The van der Waals surface area contributed by atoms with E-state index in [1.54, 1.807) is 6.20 Å². The summed E-state index contributed by atoms with van der Waals surface area (Å²) in [6.45, 7) is 17.2. The van der Waals surface area contributed by atoms with Gasteiger partial charge in [0.2, 0.25) is 12.4 Å². The molecule has 4 aromatic rings. The van der Waals surface area contributed by atoms with Gasteiger partial charge in [-0.3, -0.25) is 24.5 Å². The van der Waals surface area contributed by atoms with Gasteiger partial charge in [0.15, 0.2) is 0 Å². The minimum absolute atomic E-state index is 0.0359. The molecule has 4 aliphatic rings. The van der Waals surface area contributed by atoms with Gasteiger partial charge in [-0.25, -0.2) is 9.29 Å². The largest absolute Gasteiger partial charge is 0.393 e. The summed E-state index contributed by atoms with van der Waals surface area (Å²) in [7, 11) is 3.88. The van der Waals surface area contributed by atoms with Gasteiger partial charge in [-0.05, 0) is 119 Å². The van der Waals surface area contributed by atoms with Crippen molar-refractivity contribution < 1.29 is 19.5 Å². The maximum Gasteiger partial charge on any atom is 0.225 e. The van der Waals surface area contributed by atoms with Crippen LogP contribution in [0.4, 0.5) is 11.8 Å². The van der Waals surface area contributed by atoms with E-state index < -0.39 is 5.41 Å². The van der Waals surface area contributed by atoms with E-state index in [1.165, 1.54) is 72.4 Å². The van der Waals surface area contributed by atoms with Crippen LogP contribution in [0.1, 0.15) is 140 Å². The van der Waals surface area contributed by atoms with Crippen LogP contribution in [0.3, 0.4) is 0 Å². The van der Waals surface area contributed by atoms with E-state index in [9.17, 15) is 14.4 Å². The Morgan fingerprint density at radius 1 is 1.00 bits per heavy atom. The summed E-state index contributed by atoms with van der Waals surface area (Å²) in [6.07, 6.45) is 16.2. The fraction of sp³-hybridized carbons (Fsp3) is 0.600. The molecule has 4 heterocycles. The first-order valence-corrected chi connectivity index (χ1v) is 24.8. The maximum absolute atomic E-state index is 11.6. The Labute approximate surface area is 393 Å². The predicted octanol–water partition coefficient (Wildman–Crippen LogP) is 8.49. The highest BCUT2D eigenvalue weighted by Crippen LogP contribution is 2.48. The molecular formula is C50H78N10O4S. The number of benzene rings is 2. The number of fused-ring (bicyclic) bond motifs is 1. The van der Waals surface area contributed by atoms with E-state index in [4.69, 9.17) is 5.11 Å². The zero-order valence-corrected chi connectivity index (χ0v) is 41.3. The van der Waals surface area contributed by atoms with E-state index in [0.717, 1.165) is 88.3 Å². The molecule has 2 aliphatic carbocycles. The summed E-state index contributed by atoms with van der Waals surface area (Å²) in [6, 6.07) is 15.9. The predicted molar refractivity (Wildman–Crippen MR) is 266 cm³/mol. The SMILES string of the molecule is CC.CC(=O)CCNC=O.CCC.CNc1nc(NC2CCN(Sc3cccc(CN4CCC(c5ccc6c(C)nn(C)c6c5)CC4)c3)CN2)ncc1C1(C=O)CC1.OC1CCCCC1. The second kappa shape index (κ2) is 27.9. The molecule has 4 fully saturated rings. The van der Waals surface area contributed by atoms with E-state index >= 15 is 0 Å². The van der Waals surface area contributed by atoms with Crippen LogP contribution in [0.15, 0.2) is 53.6 Å². The average molecular weight is 915 g/mol. The number of aromatic nitrogens is 4. The quantitative estimate of drug-likeness (QED) is 0.0464. The first-order chi connectivity index (χ1) is 31.5. The van der Waals surface area contributed by atoms with Crippen LogP contribution in [0.25, 0.3) is 10.9 Å². The van der Waals surface area contributed by atoms with Gasteiger partial charge >= 0.3 is 0 Å². The van der Waals surface area contributed by atoms with E-state index in [-0.39, 0.29) is 18.1 Å². The van der Waals surface area contributed by atoms with E-state index in [1.807, 2.05) is 44.6 Å². The molecule has 1 amide bonds. The number of aliphatic hydroxyl groups excluding tert-OH is 1. The third-order valence-corrected chi connectivity index (χ3v) is 13.0. The molecule has 0 radical (unpaired) electrons.